The molecule has 2 aromatic carbocycles. The Morgan fingerprint density at radius 1 is 1.07 bits per heavy atom. The summed E-state index contributed by atoms with van der Waals surface area (Å²) in [5.74, 6) is 0.896. The van der Waals surface area contributed by atoms with Gasteiger partial charge in [0.25, 0.3) is 0 Å². The van der Waals surface area contributed by atoms with E-state index in [9.17, 15) is 12.8 Å². The number of fused-ring (bicyclic) bond motifs is 1. The summed E-state index contributed by atoms with van der Waals surface area (Å²) in [6, 6.07) is 13.4. The molecule has 0 amide bonds. The molecule has 0 aliphatic carbocycles. The second-order valence-electron chi connectivity index (χ2n) is 10.3. The highest BCUT2D eigenvalue weighted by atomic mass is 79.9. The van der Waals surface area contributed by atoms with Crippen molar-refractivity contribution >= 4 is 59.7 Å². The molecule has 3 aromatic heterocycles. The monoisotopic (exact) mass is 698 g/mol. The van der Waals surface area contributed by atoms with Crippen molar-refractivity contribution in [3.63, 3.8) is 0 Å². The first-order chi connectivity index (χ1) is 21.1. The molecule has 44 heavy (non-hydrogen) atoms. The summed E-state index contributed by atoms with van der Waals surface area (Å²) in [7, 11) is -3.46. The summed E-state index contributed by atoms with van der Waals surface area (Å²) in [5.41, 5.74) is 3.44. The summed E-state index contributed by atoms with van der Waals surface area (Å²) in [5, 5.41) is 6.21. The van der Waals surface area contributed by atoms with Crippen LogP contribution in [0.15, 0.2) is 70.9 Å². The fourth-order valence-electron chi connectivity index (χ4n) is 4.73. The first kappa shape index (κ1) is 31.9. The maximum absolute atomic E-state index is 13.5. The molecule has 0 bridgehead atoms. The van der Waals surface area contributed by atoms with Crippen LogP contribution in [0.3, 0.4) is 0 Å². The van der Waals surface area contributed by atoms with Crippen LogP contribution in [0.5, 0.6) is 5.75 Å². The minimum atomic E-state index is -3.46. The standard InChI is InChI=1S/C31H32BrFN6O3S2/c1-5-28(39(6-2)44(40,41)19(3)4)31-38-27(17-43-31)25-14-23-26(15-34-25)35-18-36-30(23)37-22-10-11-29(24(32)13-22)42-16-20-8-7-9-21(33)12-20/h7-15,17-19,28H,5-6,16H2,1-4H3,(H,35,36,37). The lowest BCUT2D eigenvalue weighted by molar-refractivity contribution is 0.303. The van der Waals surface area contributed by atoms with Crippen molar-refractivity contribution in [2.45, 2.75) is 52.0 Å². The zero-order chi connectivity index (χ0) is 31.4. The quantitative estimate of drug-likeness (QED) is 0.140. The first-order valence-electron chi connectivity index (χ1n) is 14.1. The van der Waals surface area contributed by atoms with Gasteiger partial charge in [0.15, 0.2) is 0 Å². The van der Waals surface area contributed by atoms with Crippen LogP contribution >= 0.6 is 27.3 Å². The van der Waals surface area contributed by atoms with Gasteiger partial charge in [0.05, 0.1) is 38.9 Å². The molecular formula is C31H32BrFN6O3S2. The highest BCUT2D eigenvalue weighted by Gasteiger charge is 2.33. The Labute approximate surface area is 268 Å². The van der Waals surface area contributed by atoms with E-state index in [1.807, 2.05) is 49.6 Å². The minimum absolute atomic E-state index is 0.233. The van der Waals surface area contributed by atoms with Crippen molar-refractivity contribution in [1.29, 1.82) is 0 Å². The Bertz CT molecular complexity index is 1890. The van der Waals surface area contributed by atoms with E-state index in [4.69, 9.17) is 9.72 Å². The second kappa shape index (κ2) is 13.6. The van der Waals surface area contributed by atoms with Gasteiger partial charge < -0.3 is 10.1 Å². The van der Waals surface area contributed by atoms with Crippen molar-refractivity contribution in [3.05, 3.63) is 87.3 Å². The molecule has 9 nitrogen and oxygen atoms in total. The van der Waals surface area contributed by atoms with Crippen LogP contribution in [0.2, 0.25) is 0 Å². The van der Waals surface area contributed by atoms with Gasteiger partial charge in [0.1, 0.15) is 35.3 Å². The summed E-state index contributed by atoms with van der Waals surface area (Å²) in [4.78, 5) is 18.3. The van der Waals surface area contributed by atoms with Gasteiger partial charge in [-0.25, -0.2) is 27.8 Å². The Balaban J connectivity index is 1.38. The summed E-state index contributed by atoms with van der Waals surface area (Å²) >= 11 is 4.99. The van der Waals surface area contributed by atoms with Gasteiger partial charge in [-0.2, -0.15) is 4.31 Å². The number of ether oxygens (including phenoxy) is 1. The lowest BCUT2D eigenvalue weighted by Gasteiger charge is -2.29. The van der Waals surface area contributed by atoms with Crippen LogP contribution < -0.4 is 10.1 Å². The first-order valence-corrected chi connectivity index (χ1v) is 17.3. The van der Waals surface area contributed by atoms with Gasteiger partial charge in [-0.3, -0.25) is 4.98 Å². The average Bonchev–Trinajstić information content (AvgIpc) is 3.49. The van der Waals surface area contributed by atoms with Gasteiger partial charge in [-0.05, 0) is 78.2 Å². The molecule has 13 heteroatoms. The van der Waals surface area contributed by atoms with E-state index >= 15 is 0 Å². The number of halogens is 2. The number of hydrogen-bond acceptors (Lipinski definition) is 9. The van der Waals surface area contributed by atoms with Crippen LogP contribution in [-0.2, 0) is 16.6 Å². The average molecular weight is 700 g/mol. The maximum atomic E-state index is 13.5. The van der Waals surface area contributed by atoms with E-state index in [0.29, 0.717) is 41.4 Å². The normalized spacial score (nSPS) is 12.6. The Hall–Kier alpha value is -3.52. The number of nitrogens with zero attached hydrogens (tertiary/aromatic N) is 5. The number of anilines is 2. The maximum Gasteiger partial charge on any atom is 0.217 e. The molecular weight excluding hydrogens is 667 g/mol. The minimum Gasteiger partial charge on any atom is -0.488 e. The number of pyridine rings is 1. The largest absolute Gasteiger partial charge is 0.488 e. The SMILES string of the molecule is CCC(c1nc(-c2cc3c(Nc4ccc(OCc5cccc(F)c5)c(Br)c4)ncnc3cn2)cs1)N(CC)S(=O)(=O)C(C)C. The fourth-order valence-corrected chi connectivity index (χ4v) is 7.80. The molecule has 0 spiro atoms. The van der Waals surface area contributed by atoms with Crippen LogP contribution in [0, 0.1) is 5.82 Å². The molecule has 5 rings (SSSR count). The van der Waals surface area contributed by atoms with Gasteiger partial charge >= 0.3 is 0 Å². The topological polar surface area (TPSA) is 110 Å². The smallest absolute Gasteiger partial charge is 0.217 e. The Kier molecular flexibility index (Phi) is 9.88. The molecule has 0 saturated heterocycles. The van der Waals surface area contributed by atoms with Crippen LogP contribution in [0.4, 0.5) is 15.9 Å². The predicted octanol–water partition coefficient (Wildman–Crippen LogP) is 7.88. The number of sulfonamides is 1. The van der Waals surface area contributed by atoms with Gasteiger partial charge in [0, 0.05) is 23.0 Å². The van der Waals surface area contributed by atoms with E-state index in [0.717, 1.165) is 26.1 Å². The van der Waals surface area contributed by atoms with Crippen molar-refractivity contribution in [3.8, 4) is 17.1 Å². The predicted molar refractivity (Wildman–Crippen MR) is 176 cm³/mol. The number of rotatable bonds is 12. The van der Waals surface area contributed by atoms with Crippen molar-refractivity contribution < 1.29 is 17.5 Å². The third-order valence-corrected chi connectivity index (χ3v) is 11.0. The molecule has 3 heterocycles. The summed E-state index contributed by atoms with van der Waals surface area (Å²) in [6.07, 6.45) is 3.75. The highest BCUT2D eigenvalue weighted by Crippen LogP contribution is 2.35. The lowest BCUT2D eigenvalue weighted by Crippen LogP contribution is -2.39. The van der Waals surface area contributed by atoms with Crippen LogP contribution in [0.25, 0.3) is 22.3 Å². The summed E-state index contributed by atoms with van der Waals surface area (Å²) < 4.78 is 47.7. The van der Waals surface area contributed by atoms with Gasteiger partial charge in [-0.15, -0.1) is 11.3 Å². The number of aromatic nitrogens is 4. The van der Waals surface area contributed by atoms with E-state index in [2.05, 4.69) is 36.2 Å². The van der Waals surface area contributed by atoms with E-state index in [1.54, 1.807) is 30.4 Å². The molecule has 1 N–H and O–H groups in total. The summed E-state index contributed by atoms with van der Waals surface area (Å²) in [6.45, 7) is 7.81. The van der Waals surface area contributed by atoms with Crippen LogP contribution in [-0.4, -0.2) is 44.5 Å². The zero-order valence-corrected chi connectivity index (χ0v) is 27.9. The molecule has 0 radical (unpaired) electrons. The molecule has 0 fully saturated rings. The number of benzene rings is 2. The molecule has 1 unspecified atom stereocenters. The van der Waals surface area contributed by atoms with Gasteiger partial charge in [0.2, 0.25) is 10.0 Å². The Morgan fingerprint density at radius 3 is 2.59 bits per heavy atom. The highest BCUT2D eigenvalue weighted by molar-refractivity contribution is 9.10. The number of hydrogen-bond donors (Lipinski definition) is 1. The zero-order valence-electron chi connectivity index (χ0n) is 24.7. The van der Waals surface area contributed by atoms with Gasteiger partial charge in [-0.1, -0.05) is 26.0 Å². The van der Waals surface area contributed by atoms with Crippen LogP contribution in [0.1, 0.15) is 50.7 Å². The van der Waals surface area contributed by atoms with Crippen molar-refractivity contribution in [2.24, 2.45) is 0 Å². The lowest BCUT2D eigenvalue weighted by atomic mass is 10.2. The van der Waals surface area contributed by atoms with E-state index in [1.165, 1.54) is 29.8 Å². The second-order valence-corrected chi connectivity index (χ2v) is 14.5. The molecule has 0 saturated carbocycles. The third kappa shape index (κ3) is 6.90. The molecule has 230 valence electrons. The van der Waals surface area contributed by atoms with Crippen molar-refractivity contribution in [2.75, 3.05) is 11.9 Å². The number of thiazole rings is 1. The fraction of sp³-hybridized carbons (Fsp3) is 0.290. The van der Waals surface area contributed by atoms with E-state index < -0.39 is 15.3 Å². The molecule has 0 aliphatic rings. The Morgan fingerprint density at radius 2 is 1.89 bits per heavy atom. The number of nitrogens with one attached hydrogen (secondary N) is 1. The van der Waals surface area contributed by atoms with Crippen molar-refractivity contribution in [1.82, 2.24) is 24.2 Å². The third-order valence-electron chi connectivity index (χ3n) is 7.04. The molecule has 0 aliphatic heterocycles. The van der Waals surface area contributed by atoms with E-state index in [-0.39, 0.29) is 18.5 Å². The molecule has 1 atom stereocenters. The molecule has 5 aromatic rings.